The van der Waals surface area contributed by atoms with E-state index in [9.17, 15) is 0 Å². The van der Waals surface area contributed by atoms with Crippen molar-refractivity contribution in [3.63, 3.8) is 0 Å². The first kappa shape index (κ1) is 9.90. The maximum Gasteiger partial charge on any atom is 0.142 e. The highest BCUT2D eigenvalue weighted by atomic mass is 16.5. The molecule has 0 saturated heterocycles. The fraction of sp³-hybridized carbons (Fsp3) is 0.455. The zero-order chi connectivity index (χ0) is 9.84. The second-order valence-corrected chi connectivity index (χ2v) is 3.38. The van der Waals surface area contributed by atoms with Gasteiger partial charge in [0.05, 0.1) is 11.8 Å². The Kier molecular flexibility index (Phi) is 3.18. The molecule has 0 bridgehead atoms. The second kappa shape index (κ2) is 4.17. The molecule has 1 aromatic carbocycles. The van der Waals surface area contributed by atoms with Crippen LogP contribution in [0, 0.1) is 6.92 Å². The van der Waals surface area contributed by atoms with Crippen molar-refractivity contribution >= 4 is 5.69 Å². The maximum absolute atomic E-state index is 5.80. The summed E-state index contributed by atoms with van der Waals surface area (Å²) >= 11 is 0. The average Bonchev–Trinajstić information content (AvgIpc) is 2.09. The molecule has 0 aliphatic rings. The monoisotopic (exact) mass is 179 g/mol. The lowest BCUT2D eigenvalue weighted by molar-refractivity contribution is 0.218. The van der Waals surface area contributed by atoms with Gasteiger partial charge in [-0.25, -0.2) is 0 Å². The van der Waals surface area contributed by atoms with Gasteiger partial charge in [-0.2, -0.15) is 0 Å². The summed E-state index contributed by atoms with van der Waals surface area (Å²) in [5.41, 5.74) is 7.68. The standard InChI is InChI=1S/C11H17NO/c1-4-9(3)13-11-6-5-8(2)7-10(11)12/h5-7,9H,4,12H2,1-3H3. The minimum absolute atomic E-state index is 0.227. The zero-order valence-electron chi connectivity index (χ0n) is 8.50. The molecule has 2 N–H and O–H groups in total. The lowest BCUT2D eigenvalue weighted by Gasteiger charge is -2.14. The molecule has 72 valence electrons. The second-order valence-electron chi connectivity index (χ2n) is 3.38. The molecule has 13 heavy (non-hydrogen) atoms. The first-order valence-electron chi connectivity index (χ1n) is 4.66. The molecule has 0 heterocycles. The number of rotatable bonds is 3. The third-order valence-corrected chi connectivity index (χ3v) is 2.07. The first-order valence-corrected chi connectivity index (χ1v) is 4.66. The number of nitrogen functional groups attached to an aromatic ring is 1. The Hall–Kier alpha value is -1.18. The third-order valence-electron chi connectivity index (χ3n) is 2.07. The highest BCUT2D eigenvalue weighted by Crippen LogP contribution is 2.23. The van der Waals surface area contributed by atoms with Crippen LogP contribution in [0.4, 0.5) is 5.69 Å². The van der Waals surface area contributed by atoms with Gasteiger partial charge in [-0.15, -0.1) is 0 Å². The van der Waals surface area contributed by atoms with Gasteiger partial charge in [0.15, 0.2) is 0 Å². The van der Waals surface area contributed by atoms with Crippen LogP contribution in [0.3, 0.4) is 0 Å². The molecule has 0 aromatic heterocycles. The van der Waals surface area contributed by atoms with Gasteiger partial charge in [-0.05, 0) is 38.0 Å². The normalized spacial score (nSPS) is 12.5. The van der Waals surface area contributed by atoms with E-state index in [0.29, 0.717) is 0 Å². The van der Waals surface area contributed by atoms with Crippen molar-refractivity contribution in [3.8, 4) is 5.75 Å². The Balaban J connectivity index is 2.77. The van der Waals surface area contributed by atoms with Gasteiger partial charge in [0.1, 0.15) is 5.75 Å². The molecule has 0 saturated carbocycles. The van der Waals surface area contributed by atoms with E-state index in [0.717, 1.165) is 23.4 Å². The molecule has 0 spiro atoms. The third kappa shape index (κ3) is 2.65. The summed E-state index contributed by atoms with van der Waals surface area (Å²) in [5.74, 6) is 0.792. The molecule has 0 aliphatic carbocycles. The van der Waals surface area contributed by atoms with Crippen LogP contribution in [0.5, 0.6) is 5.75 Å². The molecule has 1 unspecified atom stereocenters. The van der Waals surface area contributed by atoms with E-state index in [4.69, 9.17) is 10.5 Å². The summed E-state index contributed by atoms with van der Waals surface area (Å²) in [6, 6.07) is 5.86. The van der Waals surface area contributed by atoms with Crippen molar-refractivity contribution < 1.29 is 4.74 Å². The predicted molar refractivity (Wildman–Crippen MR) is 56.0 cm³/mol. The topological polar surface area (TPSA) is 35.2 Å². The molecular weight excluding hydrogens is 162 g/mol. The Labute approximate surface area is 79.7 Å². The van der Waals surface area contributed by atoms with Crippen LogP contribution in [0.2, 0.25) is 0 Å². The number of hydrogen-bond acceptors (Lipinski definition) is 2. The molecule has 2 heteroatoms. The van der Waals surface area contributed by atoms with E-state index in [1.54, 1.807) is 0 Å². The van der Waals surface area contributed by atoms with Crippen molar-refractivity contribution in [2.75, 3.05) is 5.73 Å². The zero-order valence-corrected chi connectivity index (χ0v) is 8.50. The van der Waals surface area contributed by atoms with Crippen LogP contribution in [0.15, 0.2) is 18.2 Å². The van der Waals surface area contributed by atoms with Crippen LogP contribution >= 0.6 is 0 Å². The SMILES string of the molecule is CCC(C)Oc1ccc(C)cc1N. The summed E-state index contributed by atoms with van der Waals surface area (Å²) in [7, 11) is 0. The van der Waals surface area contributed by atoms with Crippen LogP contribution in [-0.2, 0) is 0 Å². The van der Waals surface area contributed by atoms with Gasteiger partial charge in [0.2, 0.25) is 0 Å². The van der Waals surface area contributed by atoms with E-state index < -0.39 is 0 Å². The van der Waals surface area contributed by atoms with Crippen molar-refractivity contribution in [3.05, 3.63) is 23.8 Å². The Morgan fingerprint density at radius 2 is 2.15 bits per heavy atom. The number of nitrogens with two attached hydrogens (primary N) is 1. The minimum atomic E-state index is 0.227. The van der Waals surface area contributed by atoms with E-state index in [2.05, 4.69) is 6.92 Å². The fourth-order valence-electron chi connectivity index (χ4n) is 1.08. The van der Waals surface area contributed by atoms with Gasteiger partial charge >= 0.3 is 0 Å². The van der Waals surface area contributed by atoms with Crippen molar-refractivity contribution in [2.24, 2.45) is 0 Å². The molecule has 0 amide bonds. The minimum Gasteiger partial charge on any atom is -0.489 e. The summed E-state index contributed by atoms with van der Waals surface area (Å²) in [6.07, 6.45) is 1.22. The van der Waals surface area contributed by atoms with Crippen molar-refractivity contribution in [1.82, 2.24) is 0 Å². The average molecular weight is 179 g/mol. The molecule has 0 aliphatic heterocycles. The van der Waals surface area contributed by atoms with Crippen LogP contribution < -0.4 is 10.5 Å². The molecule has 1 atom stereocenters. The number of ether oxygens (including phenoxy) is 1. The van der Waals surface area contributed by atoms with E-state index >= 15 is 0 Å². The van der Waals surface area contributed by atoms with Gasteiger partial charge in [-0.1, -0.05) is 13.0 Å². The molecule has 0 fully saturated rings. The number of aryl methyl sites for hydroxylation is 1. The Morgan fingerprint density at radius 1 is 1.46 bits per heavy atom. The van der Waals surface area contributed by atoms with Gasteiger partial charge in [0, 0.05) is 0 Å². The lowest BCUT2D eigenvalue weighted by Crippen LogP contribution is -2.10. The summed E-state index contributed by atoms with van der Waals surface area (Å²) in [5, 5.41) is 0. The molecule has 0 radical (unpaired) electrons. The number of hydrogen-bond donors (Lipinski definition) is 1. The predicted octanol–water partition coefficient (Wildman–Crippen LogP) is 2.75. The fourth-order valence-corrected chi connectivity index (χ4v) is 1.08. The van der Waals surface area contributed by atoms with Crippen LogP contribution in [0.1, 0.15) is 25.8 Å². The first-order chi connectivity index (χ1) is 6.13. The van der Waals surface area contributed by atoms with Crippen LogP contribution in [0.25, 0.3) is 0 Å². The van der Waals surface area contributed by atoms with Gasteiger partial charge in [-0.3, -0.25) is 0 Å². The Morgan fingerprint density at radius 3 is 2.69 bits per heavy atom. The smallest absolute Gasteiger partial charge is 0.142 e. The summed E-state index contributed by atoms with van der Waals surface area (Å²) in [6.45, 7) is 6.15. The highest BCUT2D eigenvalue weighted by Gasteiger charge is 2.04. The van der Waals surface area contributed by atoms with Crippen molar-refractivity contribution in [1.29, 1.82) is 0 Å². The molecule has 2 nitrogen and oxygen atoms in total. The van der Waals surface area contributed by atoms with Crippen LogP contribution in [-0.4, -0.2) is 6.10 Å². The Bertz CT molecular complexity index is 283. The van der Waals surface area contributed by atoms with E-state index in [-0.39, 0.29) is 6.10 Å². The van der Waals surface area contributed by atoms with Gasteiger partial charge < -0.3 is 10.5 Å². The largest absolute Gasteiger partial charge is 0.489 e. The number of benzene rings is 1. The highest BCUT2D eigenvalue weighted by molar-refractivity contribution is 5.54. The van der Waals surface area contributed by atoms with E-state index in [1.165, 1.54) is 0 Å². The summed E-state index contributed by atoms with van der Waals surface area (Å²) in [4.78, 5) is 0. The molecule has 1 rings (SSSR count). The quantitative estimate of drug-likeness (QED) is 0.724. The lowest BCUT2D eigenvalue weighted by atomic mass is 10.2. The van der Waals surface area contributed by atoms with E-state index in [1.807, 2.05) is 32.0 Å². The maximum atomic E-state index is 5.80. The van der Waals surface area contributed by atoms with Gasteiger partial charge in [0.25, 0.3) is 0 Å². The summed E-state index contributed by atoms with van der Waals surface area (Å²) < 4.78 is 5.62. The number of anilines is 1. The molecular formula is C11H17NO. The van der Waals surface area contributed by atoms with Crippen molar-refractivity contribution in [2.45, 2.75) is 33.3 Å². The molecule has 1 aromatic rings.